The summed E-state index contributed by atoms with van der Waals surface area (Å²) in [5, 5.41) is 4.51. The van der Waals surface area contributed by atoms with Crippen LogP contribution in [0.25, 0.3) is 0 Å². The van der Waals surface area contributed by atoms with E-state index >= 15 is 0 Å². The quantitative estimate of drug-likeness (QED) is 0.852. The lowest BCUT2D eigenvalue weighted by molar-refractivity contribution is 0.0607. The van der Waals surface area contributed by atoms with Crippen molar-refractivity contribution in [1.82, 2.24) is 4.90 Å². The average Bonchev–Trinajstić information content (AvgIpc) is 3.24. The predicted octanol–water partition coefficient (Wildman–Crippen LogP) is 4.04. The molecule has 0 bridgehead atoms. The van der Waals surface area contributed by atoms with E-state index in [1.165, 1.54) is 30.6 Å². The molecule has 3 rings (SSSR count). The second-order valence-electron chi connectivity index (χ2n) is 5.49. The molecule has 0 unspecified atom stereocenters. The van der Waals surface area contributed by atoms with Crippen LogP contribution in [0.4, 0.5) is 14.9 Å². The van der Waals surface area contributed by atoms with Crippen LogP contribution in [0.3, 0.4) is 0 Å². The molecule has 1 aliphatic rings. The standard InChI is InChI=1S/C17H17FN2O3S/c1-23-16(21)15-13(8-10-24-15)19-17(22)20-9-2-3-14(20)11-4-6-12(18)7-5-11/h4-8,10,14H,2-3,9H2,1H3,(H,19,22)/t14-/m0/s1. The molecular weight excluding hydrogens is 331 g/mol. The molecule has 1 aromatic heterocycles. The number of carbonyl (C=O) groups excluding carboxylic acids is 2. The summed E-state index contributed by atoms with van der Waals surface area (Å²) in [5.41, 5.74) is 1.35. The Morgan fingerprint density at radius 1 is 1.29 bits per heavy atom. The largest absolute Gasteiger partial charge is 0.465 e. The third-order valence-corrected chi connectivity index (χ3v) is 4.94. The van der Waals surface area contributed by atoms with Crippen molar-refractivity contribution in [2.75, 3.05) is 19.0 Å². The number of nitrogens with one attached hydrogen (secondary N) is 1. The summed E-state index contributed by atoms with van der Waals surface area (Å²) in [5.74, 6) is -0.773. The number of likely N-dealkylation sites (tertiary alicyclic amines) is 1. The fraction of sp³-hybridized carbons (Fsp3) is 0.294. The van der Waals surface area contributed by atoms with E-state index in [-0.39, 0.29) is 17.9 Å². The lowest BCUT2D eigenvalue weighted by Crippen LogP contribution is -2.34. The Morgan fingerprint density at radius 2 is 2.04 bits per heavy atom. The molecule has 1 aliphatic heterocycles. The second kappa shape index (κ2) is 7.00. The van der Waals surface area contributed by atoms with Crippen LogP contribution in [-0.2, 0) is 4.74 Å². The molecular formula is C17H17FN2O3S. The van der Waals surface area contributed by atoms with Crippen molar-refractivity contribution in [3.63, 3.8) is 0 Å². The monoisotopic (exact) mass is 348 g/mol. The molecule has 7 heteroatoms. The first kappa shape index (κ1) is 16.4. The molecule has 2 aromatic rings. The van der Waals surface area contributed by atoms with Crippen molar-refractivity contribution >= 4 is 29.0 Å². The number of rotatable bonds is 3. The Balaban J connectivity index is 1.76. The third kappa shape index (κ3) is 3.26. The third-order valence-electron chi connectivity index (χ3n) is 4.05. The van der Waals surface area contributed by atoms with E-state index in [9.17, 15) is 14.0 Å². The Hall–Kier alpha value is -2.41. The lowest BCUT2D eigenvalue weighted by atomic mass is 10.0. The van der Waals surface area contributed by atoms with Crippen LogP contribution < -0.4 is 5.32 Å². The van der Waals surface area contributed by atoms with Gasteiger partial charge in [-0.05, 0) is 42.0 Å². The molecule has 0 aliphatic carbocycles. The maximum atomic E-state index is 13.1. The summed E-state index contributed by atoms with van der Waals surface area (Å²) in [6.45, 7) is 0.617. The molecule has 0 saturated carbocycles. The number of carbonyl (C=O) groups is 2. The minimum atomic E-state index is -0.475. The fourth-order valence-electron chi connectivity index (χ4n) is 2.89. The zero-order valence-electron chi connectivity index (χ0n) is 13.1. The molecule has 0 spiro atoms. The van der Waals surface area contributed by atoms with Crippen LogP contribution in [0.15, 0.2) is 35.7 Å². The molecule has 24 heavy (non-hydrogen) atoms. The van der Waals surface area contributed by atoms with E-state index in [0.717, 1.165) is 18.4 Å². The van der Waals surface area contributed by atoms with Gasteiger partial charge in [-0.1, -0.05) is 12.1 Å². The molecule has 2 amide bonds. The SMILES string of the molecule is COC(=O)c1sccc1NC(=O)N1CCC[C@H]1c1ccc(F)cc1. The first-order valence-corrected chi connectivity index (χ1v) is 8.47. The Labute approximate surface area is 143 Å². The fourth-order valence-corrected chi connectivity index (χ4v) is 3.65. The maximum absolute atomic E-state index is 13.1. The number of ether oxygens (including phenoxy) is 1. The first-order chi connectivity index (χ1) is 11.6. The van der Waals surface area contributed by atoms with Crippen LogP contribution in [-0.4, -0.2) is 30.6 Å². The van der Waals surface area contributed by atoms with Gasteiger partial charge in [0.2, 0.25) is 0 Å². The lowest BCUT2D eigenvalue weighted by Gasteiger charge is -2.25. The van der Waals surface area contributed by atoms with Gasteiger partial charge in [-0.15, -0.1) is 11.3 Å². The van der Waals surface area contributed by atoms with Crippen molar-refractivity contribution in [2.45, 2.75) is 18.9 Å². The molecule has 1 N–H and O–H groups in total. The predicted molar refractivity (Wildman–Crippen MR) is 89.8 cm³/mol. The van der Waals surface area contributed by atoms with Gasteiger partial charge >= 0.3 is 12.0 Å². The van der Waals surface area contributed by atoms with Gasteiger partial charge in [-0.3, -0.25) is 0 Å². The molecule has 1 saturated heterocycles. The second-order valence-corrected chi connectivity index (χ2v) is 6.40. The number of esters is 1. The van der Waals surface area contributed by atoms with Crippen LogP contribution in [0.2, 0.25) is 0 Å². The smallest absolute Gasteiger partial charge is 0.350 e. The topological polar surface area (TPSA) is 58.6 Å². The highest BCUT2D eigenvalue weighted by Gasteiger charge is 2.30. The highest BCUT2D eigenvalue weighted by molar-refractivity contribution is 7.12. The van der Waals surface area contributed by atoms with Gasteiger partial charge in [0.25, 0.3) is 0 Å². The van der Waals surface area contributed by atoms with E-state index in [2.05, 4.69) is 5.32 Å². The van der Waals surface area contributed by atoms with Gasteiger partial charge in [-0.25, -0.2) is 14.0 Å². The van der Waals surface area contributed by atoms with Crippen LogP contribution in [0, 0.1) is 5.82 Å². The van der Waals surface area contributed by atoms with Gasteiger partial charge < -0.3 is 15.0 Å². The summed E-state index contributed by atoms with van der Waals surface area (Å²) in [7, 11) is 1.30. The zero-order valence-corrected chi connectivity index (χ0v) is 13.9. The Morgan fingerprint density at radius 3 is 2.75 bits per heavy atom. The van der Waals surface area contributed by atoms with Gasteiger partial charge in [0.05, 0.1) is 18.8 Å². The van der Waals surface area contributed by atoms with Crippen molar-refractivity contribution in [2.24, 2.45) is 0 Å². The van der Waals surface area contributed by atoms with Crippen LogP contribution in [0.5, 0.6) is 0 Å². The van der Waals surface area contributed by atoms with Crippen LogP contribution in [0.1, 0.15) is 34.1 Å². The molecule has 1 aromatic carbocycles. The summed E-state index contributed by atoms with van der Waals surface area (Å²) in [6.07, 6.45) is 1.70. The number of halogens is 1. The summed E-state index contributed by atoms with van der Waals surface area (Å²) in [4.78, 5) is 26.4. The number of anilines is 1. The van der Waals surface area contributed by atoms with E-state index in [0.29, 0.717) is 17.1 Å². The number of hydrogen-bond acceptors (Lipinski definition) is 4. The Bertz CT molecular complexity index is 745. The average molecular weight is 348 g/mol. The van der Waals surface area contributed by atoms with E-state index < -0.39 is 5.97 Å². The minimum Gasteiger partial charge on any atom is -0.465 e. The zero-order chi connectivity index (χ0) is 17.1. The summed E-state index contributed by atoms with van der Waals surface area (Å²) < 4.78 is 17.8. The van der Waals surface area contributed by atoms with Gasteiger partial charge in [0, 0.05) is 6.54 Å². The number of methoxy groups -OCH3 is 1. The van der Waals surface area contributed by atoms with E-state index in [1.807, 2.05) is 0 Å². The van der Waals surface area contributed by atoms with Crippen molar-refractivity contribution in [3.8, 4) is 0 Å². The van der Waals surface area contributed by atoms with Crippen molar-refractivity contribution in [1.29, 1.82) is 0 Å². The molecule has 1 fully saturated rings. The number of thiophene rings is 1. The molecule has 5 nitrogen and oxygen atoms in total. The first-order valence-electron chi connectivity index (χ1n) is 7.59. The van der Waals surface area contributed by atoms with E-state index in [4.69, 9.17) is 4.74 Å². The normalized spacial score (nSPS) is 16.9. The number of hydrogen-bond donors (Lipinski definition) is 1. The van der Waals surface area contributed by atoms with Gasteiger partial charge in [0.15, 0.2) is 0 Å². The number of amides is 2. The highest BCUT2D eigenvalue weighted by atomic mass is 32.1. The van der Waals surface area contributed by atoms with Gasteiger partial charge in [0.1, 0.15) is 10.7 Å². The number of benzene rings is 1. The minimum absolute atomic E-state index is 0.0918. The van der Waals surface area contributed by atoms with Gasteiger partial charge in [-0.2, -0.15) is 0 Å². The van der Waals surface area contributed by atoms with Crippen molar-refractivity contribution < 1.29 is 18.7 Å². The van der Waals surface area contributed by atoms with E-state index in [1.54, 1.807) is 28.5 Å². The molecule has 2 heterocycles. The summed E-state index contributed by atoms with van der Waals surface area (Å²) >= 11 is 1.22. The summed E-state index contributed by atoms with van der Waals surface area (Å²) in [6, 6.07) is 7.52. The number of urea groups is 1. The number of nitrogens with zero attached hydrogens (tertiary/aromatic N) is 1. The molecule has 1 atom stereocenters. The van der Waals surface area contributed by atoms with Crippen molar-refractivity contribution in [3.05, 3.63) is 52.0 Å². The molecule has 0 radical (unpaired) electrons. The Kier molecular flexibility index (Phi) is 4.80. The molecule has 126 valence electrons. The van der Waals surface area contributed by atoms with Crippen LogP contribution >= 0.6 is 11.3 Å². The maximum Gasteiger partial charge on any atom is 0.350 e. The highest BCUT2D eigenvalue weighted by Crippen LogP contribution is 2.33.